The Kier molecular flexibility index (Phi) is 32.1. The number of ether oxygens (including phenoxy) is 1. The van der Waals surface area contributed by atoms with Crippen LogP contribution in [0.5, 0.6) is 5.75 Å². The standard InChI is InChI=1S/C58H91N9O16/c1-11-12-13-14-15-16-17-18-45(73)61-42(31-70)53(77)66-51(35(6)7)56(80)62-41(30-69)44(72)28-48(76)65-50(34(4)5)54(78)59-38(29-68)21-25-46(74)63-49(33(2)3)55(79)60-39-22-26-47(75)64-52(36(8)9)57(81)67(10)43(58(82)83-32-39)27-37-19-23-40(71)24-20-37/h16-17,19-26,33-36,38-39,41-44,49-52,68-72H,11-15,18,27-32H2,1-10H3,(H,59,78)(H,60,79)(H,61,73)(H,62,80)(H,63,74)(H,64,75)(H,65,76)(H,66,77)/b17-16-,25-21+,26-22+/t38-,39-,41+,42+,43+,44+,49+,50+,51+,52+/m1/s1. The number of carbonyl (C=O) groups excluding carboxylic acids is 10. The molecule has 0 spiro atoms. The first kappa shape index (κ1) is 71.9. The van der Waals surface area contributed by atoms with Crippen LogP contribution in [0.3, 0.4) is 0 Å². The van der Waals surface area contributed by atoms with Crippen LogP contribution < -0.4 is 42.5 Å². The third-order valence-corrected chi connectivity index (χ3v) is 13.6. The second-order valence-corrected chi connectivity index (χ2v) is 22.0. The Morgan fingerprint density at radius 2 is 1.34 bits per heavy atom. The van der Waals surface area contributed by atoms with Crippen LogP contribution in [0, 0.1) is 23.7 Å². The van der Waals surface area contributed by atoms with Crippen molar-refractivity contribution in [1.82, 2.24) is 47.4 Å². The van der Waals surface area contributed by atoms with E-state index >= 15 is 0 Å². The second kappa shape index (κ2) is 37.1. The fraction of sp³-hybridized carbons (Fsp3) is 0.621. The minimum atomic E-state index is -1.71. The lowest BCUT2D eigenvalue weighted by atomic mass is 9.99. The number of benzene rings is 1. The van der Waals surface area contributed by atoms with E-state index in [1.165, 1.54) is 30.2 Å². The van der Waals surface area contributed by atoms with Gasteiger partial charge in [-0.1, -0.05) is 118 Å². The van der Waals surface area contributed by atoms with Crippen LogP contribution in [-0.4, -0.2) is 184 Å². The molecule has 9 amide bonds. The topological polar surface area (TPSA) is 381 Å². The molecule has 25 nitrogen and oxygen atoms in total. The van der Waals surface area contributed by atoms with Gasteiger partial charge in [0.25, 0.3) is 0 Å². The summed E-state index contributed by atoms with van der Waals surface area (Å²) in [5.74, 6) is -9.59. The van der Waals surface area contributed by atoms with E-state index in [2.05, 4.69) is 49.5 Å². The highest BCUT2D eigenvalue weighted by Crippen LogP contribution is 2.18. The number of unbranched alkanes of at least 4 members (excludes halogenated alkanes) is 4. The van der Waals surface area contributed by atoms with Gasteiger partial charge in [0.2, 0.25) is 53.2 Å². The summed E-state index contributed by atoms with van der Waals surface area (Å²) < 4.78 is 5.65. The Bertz CT molecular complexity index is 2390. The van der Waals surface area contributed by atoms with E-state index in [9.17, 15) is 73.5 Å². The van der Waals surface area contributed by atoms with Crippen molar-refractivity contribution in [3.05, 3.63) is 66.3 Å². The number of phenols is 1. The summed E-state index contributed by atoms with van der Waals surface area (Å²) >= 11 is 0. The van der Waals surface area contributed by atoms with Crippen LogP contribution in [-0.2, 0) is 59.1 Å². The van der Waals surface area contributed by atoms with Crippen molar-refractivity contribution in [2.45, 2.75) is 174 Å². The van der Waals surface area contributed by atoms with Crippen molar-refractivity contribution in [3.63, 3.8) is 0 Å². The second-order valence-electron chi connectivity index (χ2n) is 22.0. The average Bonchev–Trinajstić information content (AvgIpc) is 3.44. The SMILES string of the molecule is CCCCCC/C=C\CC(=O)N[C@@H](CO)C(=O)N[C@H](C(=O)N[C@@H](CO)[C@@H](O)CC(=O)N[C@H](C(=O)N[C@H](/C=C/C(=O)N[C@H](C(=O)N[C@@H]1/C=C/C(=O)N[C@@H](C(C)C)C(=O)N(C)[C@@H](Cc2ccc(O)cc2)C(=O)OC1)C(C)C)CO)C(C)C)C(C)C. The summed E-state index contributed by atoms with van der Waals surface area (Å²) in [5.41, 5.74) is 0.594. The number of esters is 1. The molecule has 1 aromatic rings. The van der Waals surface area contributed by atoms with Gasteiger partial charge in [-0.05, 0) is 54.2 Å². The molecule has 83 heavy (non-hydrogen) atoms. The smallest absolute Gasteiger partial charge is 0.329 e. The molecule has 2 rings (SSSR count). The van der Waals surface area contributed by atoms with Crippen LogP contribution in [0.25, 0.3) is 0 Å². The Balaban J connectivity index is 2.11. The van der Waals surface area contributed by atoms with Crippen LogP contribution in [0.2, 0.25) is 0 Å². The van der Waals surface area contributed by atoms with Gasteiger partial charge in [0.15, 0.2) is 0 Å². The number of phenolic OH excluding ortho intramolecular Hbond substituents is 1. The maximum absolute atomic E-state index is 13.8. The molecule has 0 fully saturated rings. The number of likely N-dealkylation sites (N-methyl/N-ethyl adjacent to an activating group) is 1. The number of nitrogens with zero attached hydrogens (tertiary/aromatic N) is 1. The van der Waals surface area contributed by atoms with E-state index in [4.69, 9.17) is 4.74 Å². The Labute approximate surface area is 486 Å². The molecular weight excluding hydrogens is 1080 g/mol. The molecule has 10 atom stereocenters. The number of cyclic esters (lactones) is 1. The van der Waals surface area contributed by atoms with Gasteiger partial charge in [0.1, 0.15) is 48.6 Å². The van der Waals surface area contributed by atoms with Gasteiger partial charge < -0.3 is 77.7 Å². The van der Waals surface area contributed by atoms with E-state index in [0.717, 1.165) is 50.3 Å². The van der Waals surface area contributed by atoms with E-state index in [-0.39, 0.29) is 18.6 Å². The fourth-order valence-electron chi connectivity index (χ4n) is 8.45. The summed E-state index contributed by atoms with van der Waals surface area (Å²) in [6.07, 6.45) is 10.6. The molecule has 1 aliphatic rings. The predicted molar refractivity (Wildman–Crippen MR) is 307 cm³/mol. The molecule has 0 radical (unpaired) electrons. The van der Waals surface area contributed by atoms with Crippen LogP contribution in [0.1, 0.15) is 113 Å². The maximum Gasteiger partial charge on any atom is 0.329 e. The Morgan fingerprint density at radius 3 is 1.92 bits per heavy atom. The first-order valence-electron chi connectivity index (χ1n) is 28.3. The number of allylic oxidation sites excluding steroid dienone is 1. The first-order chi connectivity index (χ1) is 39.2. The quantitative estimate of drug-likeness (QED) is 0.0189. The highest BCUT2D eigenvalue weighted by molar-refractivity contribution is 5.96. The fourth-order valence-corrected chi connectivity index (χ4v) is 8.45. The van der Waals surface area contributed by atoms with Crippen LogP contribution in [0.15, 0.2) is 60.7 Å². The number of hydrogen-bond donors (Lipinski definition) is 13. The molecular formula is C58H91N9O16. The Morgan fingerprint density at radius 1 is 0.723 bits per heavy atom. The molecule has 13 N–H and O–H groups in total. The van der Waals surface area contributed by atoms with Crippen LogP contribution in [0.4, 0.5) is 0 Å². The van der Waals surface area contributed by atoms with E-state index < -0.39 is 176 Å². The molecule has 0 saturated carbocycles. The number of amides is 9. The summed E-state index contributed by atoms with van der Waals surface area (Å²) in [4.78, 5) is 135. The average molecular weight is 1170 g/mol. The summed E-state index contributed by atoms with van der Waals surface area (Å²) in [6, 6.07) is -5.09. The molecule has 0 unspecified atom stereocenters. The van der Waals surface area contributed by atoms with Gasteiger partial charge in [-0.15, -0.1) is 0 Å². The largest absolute Gasteiger partial charge is 0.508 e. The molecule has 1 aliphatic heterocycles. The van der Waals surface area contributed by atoms with E-state index in [0.29, 0.717) is 5.56 Å². The summed E-state index contributed by atoms with van der Waals surface area (Å²) in [5, 5.41) is 71.4. The number of rotatable bonds is 32. The van der Waals surface area contributed by atoms with Crippen molar-refractivity contribution in [1.29, 1.82) is 0 Å². The molecule has 464 valence electrons. The minimum absolute atomic E-state index is 0.00659. The van der Waals surface area contributed by atoms with E-state index in [1.54, 1.807) is 73.6 Å². The minimum Gasteiger partial charge on any atom is -0.508 e. The lowest BCUT2D eigenvalue weighted by molar-refractivity contribution is -0.156. The highest BCUT2D eigenvalue weighted by Gasteiger charge is 2.37. The van der Waals surface area contributed by atoms with Crippen molar-refractivity contribution >= 4 is 59.1 Å². The lowest BCUT2D eigenvalue weighted by Gasteiger charge is -2.32. The number of hydrogen-bond acceptors (Lipinski definition) is 16. The van der Waals surface area contributed by atoms with Crippen molar-refractivity contribution in [3.8, 4) is 5.75 Å². The van der Waals surface area contributed by atoms with Gasteiger partial charge >= 0.3 is 5.97 Å². The molecule has 1 aromatic carbocycles. The van der Waals surface area contributed by atoms with Gasteiger partial charge in [-0.25, -0.2) is 4.79 Å². The number of nitrogens with one attached hydrogen (secondary N) is 8. The molecule has 0 saturated heterocycles. The Hall–Kier alpha value is -7.22. The maximum atomic E-state index is 13.8. The third kappa shape index (κ3) is 25.4. The number of aliphatic hydroxyl groups excluding tert-OH is 4. The molecule has 1 heterocycles. The first-order valence-corrected chi connectivity index (χ1v) is 28.3. The van der Waals surface area contributed by atoms with Gasteiger partial charge in [0.05, 0.1) is 50.5 Å². The predicted octanol–water partition coefficient (Wildman–Crippen LogP) is -0.422. The summed E-state index contributed by atoms with van der Waals surface area (Å²) in [7, 11) is 1.41. The van der Waals surface area contributed by atoms with E-state index in [1.807, 2.05) is 6.08 Å². The van der Waals surface area contributed by atoms with Crippen LogP contribution >= 0.6 is 0 Å². The number of carbonyl (C=O) groups is 10. The zero-order valence-electron chi connectivity index (χ0n) is 49.5. The zero-order valence-corrected chi connectivity index (χ0v) is 49.5. The number of aromatic hydroxyl groups is 1. The normalized spacial score (nSPS) is 19.1. The lowest BCUT2D eigenvalue weighted by Crippen LogP contribution is -2.59. The molecule has 0 aliphatic carbocycles. The summed E-state index contributed by atoms with van der Waals surface area (Å²) in [6.45, 7) is 12.4. The highest BCUT2D eigenvalue weighted by atomic mass is 16.5. The van der Waals surface area contributed by atoms with Crippen molar-refractivity contribution in [2.24, 2.45) is 23.7 Å². The third-order valence-electron chi connectivity index (χ3n) is 13.6. The number of aliphatic hydroxyl groups is 4. The zero-order chi connectivity index (χ0) is 62.5. The van der Waals surface area contributed by atoms with Crippen molar-refractivity contribution in [2.75, 3.05) is 33.5 Å². The monoisotopic (exact) mass is 1170 g/mol. The van der Waals surface area contributed by atoms with Crippen molar-refractivity contribution < 1.29 is 78.2 Å². The molecule has 0 bridgehead atoms. The molecule has 25 heteroatoms. The molecule has 0 aromatic heterocycles. The van der Waals surface area contributed by atoms with Gasteiger partial charge in [-0.2, -0.15) is 0 Å². The van der Waals surface area contributed by atoms with Gasteiger partial charge in [-0.3, -0.25) is 43.2 Å². The van der Waals surface area contributed by atoms with Gasteiger partial charge in [0, 0.05) is 32.0 Å².